The van der Waals surface area contributed by atoms with E-state index in [1.54, 1.807) is 6.20 Å². The van der Waals surface area contributed by atoms with Crippen LogP contribution in [-0.4, -0.2) is 21.7 Å². The van der Waals surface area contributed by atoms with E-state index in [0.29, 0.717) is 24.5 Å². The van der Waals surface area contributed by atoms with Gasteiger partial charge in [-0.25, -0.2) is 4.98 Å². The van der Waals surface area contributed by atoms with E-state index in [1.165, 1.54) is 6.39 Å². The first-order valence-corrected chi connectivity index (χ1v) is 4.97. The van der Waals surface area contributed by atoms with Crippen LogP contribution in [0.4, 0.5) is 11.5 Å². The number of nitrogen functional groups attached to an aromatic ring is 1. The maximum absolute atomic E-state index is 5.61. The summed E-state index contributed by atoms with van der Waals surface area (Å²) in [4.78, 5) is 8.12. The molecule has 0 amide bonds. The molecule has 0 aliphatic carbocycles. The summed E-state index contributed by atoms with van der Waals surface area (Å²) in [7, 11) is 0. The number of hydrogen-bond acceptors (Lipinski definition) is 6. The van der Waals surface area contributed by atoms with Crippen LogP contribution in [-0.2, 0) is 6.42 Å². The summed E-state index contributed by atoms with van der Waals surface area (Å²) >= 11 is 0. The largest absolute Gasteiger partial charge is 0.397 e. The zero-order chi connectivity index (χ0) is 11.4. The van der Waals surface area contributed by atoms with Crippen molar-refractivity contribution in [3.8, 4) is 0 Å². The molecule has 6 heteroatoms. The highest BCUT2D eigenvalue weighted by atomic mass is 16.5. The van der Waals surface area contributed by atoms with Gasteiger partial charge in [-0.2, -0.15) is 4.98 Å². The van der Waals surface area contributed by atoms with E-state index in [1.807, 2.05) is 13.0 Å². The van der Waals surface area contributed by atoms with E-state index < -0.39 is 0 Å². The number of nitrogens with zero attached hydrogens (tertiary/aromatic N) is 3. The van der Waals surface area contributed by atoms with Crippen molar-refractivity contribution < 1.29 is 4.52 Å². The van der Waals surface area contributed by atoms with Crippen molar-refractivity contribution in [3.63, 3.8) is 0 Å². The lowest BCUT2D eigenvalue weighted by molar-refractivity contribution is 0.410. The Morgan fingerprint density at radius 2 is 2.31 bits per heavy atom. The average molecular weight is 219 g/mol. The van der Waals surface area contributed by atoms with Gasteiger partial charge in [0.1, 0.15) is 5.82 Å². The van der Waals surface area contributed by atoms with Gasteiger partial charge in [0.25, 0.3) is 0 Å². The molecule has 2 heterocycles. The number of nitrogens with two attached hydrogens (primary N) is 1. The van der Waals surface area contributed by atoms with Crippen molar-refractivity contribution in [2.75, 3.05) is 17.6 Å². The van der Waals surface area contributed by atoms with Gasteiger partial charge in [-0.1, -0.05) is 5.16 Å². The summed E-state index contributed by atoms with van der Waals surface area (Å²) < 4.78 is 4.64. The van der Waals surface area contributed by atoms with Crippen LogP contribution in [0.5, 0.6) is 0 Å². The minimum atomic E-state index is 0.668. The average Bonchev–Trinajstić information content (AvgIpc) is 2.74. The second kappa shape index (κ2) is 4.61. The number of pyridine rings is 1. The second-order valence-electron chi connectivity index (χ2n) is 3.46. The Balaban J connectivity index is 1.90. The van der Waals surface area contributed by atoms with E-state index in [0.717, 1.165) is 11.4 Å². The predicted molar refractivity (Wildman–Crippen MR) is 59.9 cm³/mol. The van der Waals surface area contributed by atoms with Gasteiger partial charge in [0.15, 0.2) is 5.82 Å². The Morgan fingerprint density at radius 1 is 1.44 bits per heavy atom. The number of anilines is 2. The topological polar surface area (TPSA) is 89.9 Å². The smallest absolute Gasteiger partial charge is 0.213 e. The SMILES string of the molecule is Cc1cc(N)cnc1NCCc1ncon1. The number of rotatable bonds is 4. The molecule has 2 aromatic heterocycles. The summed E-state index contributed by atoms with van der Waals surface area (Å²) in [5, 5.41) is 6.91. The lowest BCUT2D eigenvalue weighted by Crippen LogP contribution is -2.08. The minimum absolute atomic E-state index is 0.668. The fourth-order valence-electron chi connectivity index (χ4n) is 1.38. The zero-order valence-electron chi connectivity index (χ0n) is 8.97. The first kappa shape index (κ1) is 10.4. The normalized spacial score (nSPS) is 10.3. The van der Waals surface area contributed by atoms with Crippen molar-refractivity contribution in [1.29, 1.82) is 0 Å². The Morgan fingerprint density at radius 3 is 3.00 bits per heavy atom. The number of aromatic nitrogens is 3. The molecule has 0 aromatic carbocycles. The van der Waals surface area contributed by atoms with Crippen LogP contribution < -0.4 is 11.1 Å². The molecule has 0 spiro atoms. The maximum Gasteiger partial charge on any atom is 0.213 e. The van der Waals surface area contributed by atoms with Gasteiger partial charge < -0.3 is 15.6 Å². The lowest BCUT2D eigenvalue weighted by atomic mass is 10.2. The fraction of sp³-hybridized carbons (Fsp3) is 0.300. The van der Waals surface area contributed by atoms with Crippen LogP contribution >= 0.6 is 0 Å². The summed E-state index contributed by atoms with van der Waals surface area (Å²) in [5.41, 5.74) is 7.30. The van der Waals surface area contributed by atoms with E-state index in [4.69, 9.17) is 5.73 Å². The molecule has 6 nitrogen and oxygen atoms in total. The van der Waals surface area contributed by atoms with Crippen molar-refractivity contribution in [3.05, 3.63) is 30.0 Å². The molecule has 0 aliphatic rings. The molecule has 0 radical (unpaired) electrons. The summed E-state index contributed by atoms with van der Waals surface area (Å²) in [6, 6.07) is 1.88. The molecule has 0 bridgehead atoms. The minimum Gasteiger partial charge on any atom is -0.397 e. The first-order valence-electron chi connectivity index (χ1n) is 4.97. The fourth-order valence-corrected chi connectivity index (χ4v) is 1.38. The van der Waals surface area contributed by atoms with Crippen LogP contribution in [0.15, 0.2) is 23.2 Å². The van der Waals surface area contributed by atoms with Gasteiger partial charge in [-0.3, -0.25) is 0 Å². The van der Waals surface area contributed by atoms with Gasteiger partial charge >= 0.3 is 0 Å². The van der Waals surface area contributed by atoms with E-state index in [2.05, 4.69) is 25.0 Å². The van der Waals surface area contributed by atoms with Crippen molar-refractivity contribution in [2.24, 2.45) is 0 Å². The van der Waals surface area contributed by atoms with E-state index in [-0.39, 0.29) is 0 Å². The van der Waals surface area contributed by atoms with Gasteiger partial charge in [-0.15, -0.1) is 0 Å². The van der Waals surface area contributed by atoms with Crippen LogP contribution in [0.2, 0.25) is 0 Å². The molecule has 2 rings (SSSR count). The highest BCUT2D eigenvalue weighted by Gasteiger charge is 2.01. The molecule has 84 valence electrons. The van der Waals surface area contributed by atoms with E-state index >= 15 is 0 Å². The standard InChI is InChI=1S/C10H13N5O/c1-7-4-8(11)5-13-10(7)12-3-2-9-14-6-16-15-9/h4-6H,2-3,11H2,1H3,(H,12,13). The second-order valence-corrected chi connectivity index (χ2v) is 3.46. The third-order valence-corrected chi connectivity index (χ3v) is 2.15. The van der Waals surface area contributed by atoms with Crippen LogP contribution in [0, 0.1) is 6.92 Å². The molecule has 0 unspecified atom stereocenters. The quantitative estimate of drug-likeness (QED) is 0.797. The predicted octanol–water partition coefficient (Wildman–Crippen LogP) is 1.01. The maximum atomic E-state index is 5.61. The number of aryl methyl sites for hydroxylation is 1. The molecule has 0 fully saturated rings. The van der Waals surface area contributed by atoms with Crippen molar-refractivity contribution in [2.45, 2.75) is 13.3 Å². The number of nitrogens with one attached hydrogen (secondary N) is 1. The highest BCUT2D eigenvalue weighted by molar-refractivity contribution is 5.50. The summed E-state index contributed by atoms with van der Waals surface area (Å²) in [6.07, 6.45) is 3.65. The van der Waals surface area contributed by atoms with Gasteiger partial charge in [0.05, 0.1) is 11.9 Å². The molecule has 0 aliphatic heterocycles. The van der Waals surface area contributed by atoms with E-state index in [9.17, 15) is 0 Å². The molecular formula is C10H13N5O. The monoisotopic (exact) mass is 219 g/mol. The Kier molecular flexibility index (Phi) is 3.00. The third kappa shape index (κ3) is 2.47. The van der Waals surface area contributed by atoms with Crippen molar-refractivity contribution >= 4 is 11.5 Å². The number of hydrogen-bond donors (Lipinski definition) is 2. The van der Waals surface area contributed by atoms with Crippen LogP contribution in [0.3, 0.4) is 0 Å². The third-order valence-electron chi connectivity index (χ3n) is 2.15. The molecular weight excluding hydrogens is 206 g/mol. The van der Waals surface area contributed by atoms with Gasteiger partial charge in [0, 0.05) is 13.0 Å². The van der Waals surface area contributed by atoms with Crippen molar-refractivity contribution in [1.82, 2.24) is 15.1 Å². The van der Waals surface area contributed by atoms with Crippen LogP contribution in [0.1, 0.15) is 11.4 Å². The molecule has 0 saturated carbocycles. The molecule has 3 N–H and O–H groups in total. The Hall–Kier alpha value is -2.11. The highest BCUT2D eigenvalue weighted by Crippen LogP contribution is 2.13. The van der Waals surface area contributed by atoms with Gasteiger partial charge in [0.2, 0.25) is 6.39 Å². The zero-order valence-corrected chi connectivity index (χ0v) is 8.97. The Labute approximate surface area is 92.9 Å². The molecule has 2 aromatic rings. The Bertz CT molecular complexity index is 454. The summed E-state index contributed by atoms with van der Waals surface area (Å²) in [6.45, 7) is 2.66. The molecule has 0 atom stereocenters. The molecule has 0 saturated heterocycles. The first-order chi connectivity index (χ1) is 7.75. The lowest BCUT2D eigenvalue weighted by Gasteiger charge is -2.07. The molecule has 16 heavy (non-hydrogen) atoms. The van der Waals surface area contributed by atoms with Gasteiger partial charge in [-0.05, 0) is 18.6 Å². The van der Waals surface area contributed by atoms with Crippen LogP contribution in [0.25, 0.3) is 0 Å². The summed E-state index contributed by atoms with van der Waals surface area (Å²) in [5.74, 6) is 1.51.